The second-order valence-corrected chi connectivity index (χ2v) is 13.6. The van der Waals surface area contributed by atoms with Gasteiger partial charge in [-0.1, -0.05) is 77.6 Å². The summed E-state index contributed by atoms with van der Waals surface area (Å²) in [6, 6.07) is 22.9. The van der Waals surface area contributed by atoms with Gasteiger partial charge in [0, 0.05) is 56.8 Å². The smallest absolute Gasteiger partial charge is 0.162 e. The van der Waals surface area contributed by atoms with Crippen LogP contribution in [-0.2, 0) is 30.3 Å². The third-order valence-electron chi connectivity index (χ3n) is 8.63. The van der Waals surface area contributed by atoms with Gasteiger partial charge in [-0.25, -0.2) is 0 Å². The molecule has 2 aromatic carbocycles. The van der Waals surface area contributed by atoms with E-state index in [0.717, 1.165) is 47.8 Å². The molecule has 0 saturated heterocycles. The summed E-state index contributed by atoms with van der Waals surface area (Å²) in [5.41, 5.74) is 6.87. The number of hydrogen-bond donors (Lipinski definition) is 1. The molecule has 4 nitrogen and oxygen atoms in total. The van der Waals surface area contributed by atoms with E-state index in [0.29, 0.717) is 0 Å². The van der Waals surface area contributed by atoms with Crippen molar-refractivity contribution in [3.05, 3.63) is 103 Å². The Morgan fingerprint density at radius 1 is 1.00 bits per heavy atom. The van der Waals surface area contributed by atoms with Crippen LogP contribution in [0.2, 0.25) is 0 Å². The predicted octanol–water partition coefficient (Wildman–Crippen LogP) is 10.7. The van der Waals surface area contributed by atoms with E-state index in [1.807, 2.05) is 44.7 Å². The van der Waals surface area contributed by atoms with Crippen LogP contribution in [0.15, 0.2) is 84.2 Å². The van der Waals surface area contributed by atoms with Crippen LogP contribution in [0.3, 0.4) is 0 Å². The summed E-state index contributed by atoms with van der Waals surface area (Å²) >= 11 is 1.73. The van der Waals surface area contributed by atoms with Crippen LogP contribution < -0.4 is 4.57 Å². The van der Waals surface area contributed by atoms with Crippen LogP contribution in [0, 0.1) is 24.9 Å². The van der Waals surface area contributed by atoms with Crippen LogP contribution >= 0.6 is 11.3 Å². The fourth-order valence-electron chi connectivity index (χ4n) is 5.80. The first kappa shape index (κ1) is 37.2. The minimum Gasteiger partial charge on any atom is -0.512 e. The SMILES string of the molecule is CCC(CC)C(=O)/C=C(\O)C(CC)CC.[CH2-][n+]1ccc(-c2ccnc3ccsc23)cc1-c1[c-]c2ccccc2c(C(C)(C)C)c1.[Ir]. The normalized spacial score (nSPS) is 11.9. The number of hydrogen-bond acceptors (Lipinski definition) is 4. The van der Waals surface area contributed by atoms with Gasteiger partial charge in [0.25, 0.3) is 0 Å². The molecule has 1 radical (unpaired) electrons. The molecule has 245 valence electrons. The van der Waals surface area contributed by atoms with Gasteiger partial charge < -0.3 is 9.67 Å². The van der Waals surface area contributed by atoms with Crippen molar-refractivity contribution in [2.24, 2.45) is 11.8 Å². The molecular weight excluding hydrogens is 765 g/mol. The number of aromatic nitrogens is 2. The van der Waals surface area contributed by atoms with Gasteiger partial charge in [-0.3, -0.25) is 9.78 Å². The molecule has 0 fully saturated rings. The molecule has 3 heterocycles. The van der Waals surface area contributed by atoms with Crippen LogP contribution in [0.4, 0.5) is 0 Å². The first-order valence-corrected chi connectivity index (χ1v) is 17.0. The van der Waals surface area contributed by atoms with E-state index in [9.17, 15) is 9.90 Å². The van der Waals surface area contributed by atoms with Gasteiger partial charge in [0.1, 0.15) is 5.69 Å². The fraction of sp³-hybridized carbons (Fsp3) is 0.350. The maximum atomic E-state index is 11.7. The van der Waals surface area contributed by atoms with Crippen molar-refractivity contribution in [3.63, 3.8) is 0 Å². The van der Waals surface area contributed by atoms with Crippen molar-refractivity contribution < 1.29 is 34.6 Å². The summed E-state index contributed by atoms with van der Waals surface area (Å²) in [5, 5.41) is 14.2. The number of pyridine rings is 2. The molecule has 5 rings (SSSR count). The number of nitrogens with zero attached hydrogens (tertiary/aromatic N) is 2. The minimum absolute atomic E-state index is 0. The van der Waals surface area contributed by atoms with Gasteiger partial charge in [0.2, 0.25) is 0 Å². The Morgan fingerprint density at radius 2 is 1.67 bits per heavy atom. The number of thiophene rings is 1. The second kappa shape index (κ2) is 16.5. The zero-order valence-corrected chi connectivity index (χ0v) is 31.4. The van der Waals surface area contributed by atoms with E-state index in [-0.39, 0.29) is 48.9 Å². The van der Waals surface area contributed by atoms with E-state index in [4.69, 9.17) is 0 Å². The van der Waals surface area contributed by atoms with E-state index in [2.05, 4.69) is 98.8 Å². The third kappa shape index (κ3) is 8.53. The zero-order chi connectivity index (χ0) is 32.7. The van der Waals surface area contributed by atoms with Crippen LogP contribution in [0.25, 0.3) is 43.4 Å². The first-order valence-electron chi connectivity index (χ1n) is 16.1. The number of aliphatic hydroxyl groups excluding tert-OH is 1. The van der Waals surface area contributed by atoms with Gasteiger partial charge in [-0.05, 0) is 66.3 Å². The topological polar surface area (TPSA) is 54.1 Å². The number of aliphatic hydroxyl groups is 1. The van der Waals surface area contributed by atoms with Crippen LogP contribution in [-0.4, -0.2) is 15.9 Å². The van der Waals surface area contributed by atoms with Crippen molar-refractivity contribution >= 4 is 38.1 Å². The molecule has 0 aliphatic carbocycles. The van der Waals surface area contributed by atoms with Crippen molar-refractivity contribution in [1.29, 1.82) is 0 Å². The van der Waals surface area contributed by atoms with Gasteiger partial charge in [0.15, 0.2) is 5.78 Å². The van der Waals surface area contributed by atoms with Gasteiger partial charge in [0.05, 0.1) is 22.2 Å². The number of carbonyl (C=O) groups is 1. The molecule has 0 amide bonds. The Bertz CT molecular complexity index is 1790. The Labute approximate surface area is 293 Å². The molecule has 0 spiro atoms. The number of carbonyl (C=O) groups excluding carboxylic acids is 1. The molecule has 5 aromatic rings. The van der Waals surface area contributed by atoms with Crippen molar-refractivity contribution in [1.82, 2.24) is 4.98 Å². The third-order valence-corrected chi connectivity index (χ3v) is 9.57. The number of rotatable bonds is 9. The number of benzene rings is 2. The Morgan fingerprint density at radius 3 is 2.33 bits per heavy atom. The molecule has 0 atom stereocenters. The molecule has 6 heteroatoms. The molecule has 3 aromatic heterocycles. The molecule has 0 bridgehead atoms. The Kier molecular flexibility index (Phi) is 13.3. The van der Waals surface area contributed by atoms with Gasteiger partial charge >= 0.3 is 0 Å². The molecule has 1 N–H and O–H groups in total. The number of ketones is 1. The zero-order valence-electron chi connectivity index (χ0n) is 28.2. The predicted molar refractivity (Wildman–Crippen MR) is 190 cm³/mol. The summed E-state index contributed by atoms with van der Waals surface area (Å²) in [5.74, 6) is 0.547. The van der Waals surface area contributed by atoms with Gasteiger partial charge in [-0.15, -0.1) is 40.5 Å². The molecule has 46 heavy (non-hydrogen) atoms. The molecular formula is C40H47IrN2O2S-. The van der Waals surface area contributed by atoms with Gasteiger partial charge in [-0.2, -0.15) is 0 Å². The van der Waals surface area contributed by atoms with Crippen molar-refractivity contribution in [3.8, 4) is 22.4 Å². The van der Waals surface area contributed by atoms with E-state index in [1.165, 1.54) is 32.9 Å². The quantitative estimate of drug-likeness (QED) is 0.0698. The number of allylic oxidation sites excluding steroid dienone is 2. The average Bonchev–Trinajstić information content (AvgIpc) is 3.51. The largest absolute Gasteiger partial charge is 0.512 e. The summed E-state index contributed by atoms with van der Waals surface area (Å²) in [6.07, 6.45) is 8.82. The second-order valence-electron chi connectivity index (χ2n) is 12.7. The van der Waals surface area contributed by atoms with E-state index >= 15 is 0 Å². The van der Waals surface area contributed by atoms with E-state index in [1.54, 1.807) is 11.3 Å². The maximum absolute atomic E-state index is 11.7. The number of fused-ring (bicyclic) bond motifs is 2. The van der Waals surface area contributed by atoms with E-state index < -0.39 is 0 Å². The fourth-order valence-corrected chi connectivity index (χ4v) is 6.69. The van der Waals surface area contributed by atoms with Crippen LogP contribution in [0.5, 0.6) is 0 Å². The summed E-state index contributed by atoms with van der Waals surface area (Å²) in [7, 11) is 4.24. The van der Waals surface area contributed by atoms with Crippen molar-refractivity contribution in [2.75, 3.05) is 0 Å². The first-order chi connectivity index (χ1) is 21.5. The van der Waals surface area contributed by atoms with Crippen molar-refractivity contribution in [2.45, 2.75) is 79.6 Å². The Hall–Kier alpha value is -3.31. The maximum Gasteiger partial charge on any atom is 0.162 e. The molecule has 0 aliphatic rings. The summed E-state index contributed by atoms with van der Waals surface area (Å²) in [6.45, 7) is 14.9. The van der Waals surface area contributed by atoms with Crippen LogP contribution in [0.1, 0.15) is 79.7 Å². The molecule has 0 aliphatic heterocycles. The summed E-state index contributed by atoms with van der Waals surface area (Å²) in [4.78, 5) is 16.2. The summed E-state index contributed by atoms with van der Waals surface area (Å²) < 4.78 is 3.15. The molecule has 0 unspecified atom stereocenters. The standard InChI is InChI=1S/C27H23N2S.C13H24O2.Ir/c1-27(2,3)23-16-20(15-18-7-5-6-8-21(18)23)25-17-19(10-13-29(25)4)22-9-12-28-24-11-14-30-26(22)24;1-5-10(6-2)12(14)9-13(15)11(7-3)8-4;/h5-14,16-17H,4H2,1-3H3;9-11,14H,5-8H2,1-4H3;/q-1;;/b;12-9-;. The monoisotopic (exact) mass is 812 g/mol. The average molecular weight is 812 g/mol. The Balaban J connectivity index is 0.000000309. The molecule has 0 saturated carbocycles. The minimum atomic E-state index is 0.